The largest absolute Gasteiger partial charge is 0.493 e. The van der Waals surface area contributed by atoms with Crippen molar-refractivity contribution >= 4 is 12.0 Å². The van der Waals surface area contributed by atoms with Crippen molar-refractivity contribution in [2.24, 2.45) is 0 Å². The Morgan fingerprint density at radius 1 is 0.893 bits per heavy atom. The quantitative estimate of drug-likeness (QED) is 0.763. The van der Waals surface area contributed by atoms with Gasteiger partial charge >= 0.3 is 6.09 Å². The van der Waals surface area contributed by atoms with E-state index in [0.717, 1.165) is 5.56 Å². The van der Waals surface area contributed by atoms with E-state index in [9.17, 15) is 9.59 Å². The summed E-state index contributed by atoms with van der Waals surface area (Å²) in [6, 6.07) is 3.55. The highest BCUT2D eigenvalue weighted by molar-refractivity contribution is 5.80. The summed E-state index contributed by atoms with van der Waals surface area (Å²) in [6.07, 6.45) is -0.132. The zero-order chi connectivity index (χ0) is 20.9. The summed E-state index contributed by atoms with van der Waals surface area (Å²) in [7, 11) is 4.62. The predicted octanol–water partition coefficient (Wildman–Crippen LogP) is 2.33. The number of benzene rings is 1. The normalized spacial score (nSPS) is 14.5. The van der Waals surface area contributed by atoms with E-state index in [4.69, 9.17) is 18.9 Å². The summed E-state index contributed by atoms with van der Waals surface area (Å²) >= 11 is 0. The summed E-state index contributed by atoms with van der Waals surface area (Å²) in [5.41, 5.74) is 0.241. The molecule has 0 aromatic heterocycles. The van der Waals surface area contributed by atoms with Crippen LogP contribution in [0.5, 0.6) is 17.2 Å². The van der Waals surface area contributed by atoms with E-state index in [-0.39, 0.29) is 18.4 Å². The molecule has 0 bridgehead atoms. The number of methoxy groups -OCH3 is 3. The Kier molecular flexibility index (Phi) is 6.99. The second-order valence-electron chi connectivity index (χ2n) is 7.56. The second kappa shape index (κ2) is 9.03. The van der Waals surface area contributed by atoms with E-state index >= 15 is 0 Å². The topological polar surface area (TPSA) is 77.5 Å². The van der Waals surface area contributed by atoms with Crippen LogP contribution in [0.2, 0.25) is 0 Å². The van der Waals surface area contributed by atoms with Crippen LogP contribution in [-0.2, 0) is 16.0 Å². The Bertz CT molecular complexity index is 680. The van der Waals surface area contributed by atoms with Gasteiger partial charge in [0.05, 0.1) is 27.8 Å². The Morgan fingerprint density at radius 3 is 1.82 bits per heavy atom. The molecule has 0 spiro atoms. The Hall–Kier alpha value is -2.64. The van der Waals surface area contributed by atoms with Crippen molar-refractivity contribution in [3.63, 3.8) is 0 Å². The SMILES string of the molecule is COc1cc(CC(=O)N2CCN(C(=O)OC(C)(C)C)CC2)cc(OC)c1OC. The van der Waals surface area contributed by atoms with Crippen LogP contribution in [0, 0.1) is 0 Å². The fraction of sp³-hybridized carbons (Fsp3) is 0.600. The average Bonchev–Trinajstić information content (AvgIpc) is 2.65. The summed E-state index contributed by atoms with van der Waals surface area (Å²) in [6.45, 7) is 7.36. The Morgan fingerprint density at radius 2 is 1.39 bits per heavy atom. The van der Waals surface area contributed by atoms with Crippen LogP contribution in [0.15, 0.2) is 12.1 Å². The molecule has 0 radical (unpaired) electrons. The first-order valence-corrected chi connectivity index (χ1v) is 9.23. The third-order valence-corrected chi connectivity index (χ3v) is 4.36. The maximum Gasteiger partial charge on any atom is 0.410 e. The van der Waals surface area contributed by atoms with Crippen molar-refractivity contribution in [3.8, 4) is 17.2 Å². The zero-order valence-corrected chi connectivity index (χ0v) is 17.5. The monoisotopic (exact) mass is 394 g/mol. The van der Waals surface area contributed by atoms with Crippen molar-refractivity contribution in [2.45, 2.75) is 32.8 Å². The Balaban J connectivity index is 1.99. The fourth-order valence-corrected chi connectivity index (χ4v) is 2.99. The highest BCUT2D eigenvalue weighted by Crippen LogP contribution is 2.38. The summed E-state index contributed by atoms with van der Waals surface area (Å²) in [4.78, 5) is 28.2. The van der Waals surface area contributed by atoms with Gasteiger partial charge in [-0.1, -0.05) is 0 Å². The molecule has 2 amide bonds. The van der Waals surface area contributed by atoms with Crippen LogP contribution in [-0.4, -0.2) is 74.9 Å². The van der Waals surface area contributed by atoms with Gasteiger partial charge in [-0.05, 0) is 38.5 Å². The molecular weight excluding hydrogens is 364 g/mol. The van der Waals surface area contributed by atoms with Crippen LogP contribution in [0.1, 0.15) is 26.3 Å². The third kappa shape index (κ3) is 5.43. The van der Waals surface area contributed by atoms with Crippen LogP contribution < -0.4 is 14.2 Å². The van der Waals surface area contributed by atoms with Gasteiger partial charge in [0.15, 0.2) is 11.5 Å². The lowest BCUT2D eigenvalue weighted by atomic mass is 10.1. The molecule has 1 heterocycles. The molecule has 0 N–H and O–H groups in total. The summed E-state index contributed by atoms with van der Waals surface area (Å²) in [5.74, 6) is 1.50. The smallest absolute Gasteiger partial charge is 0.410 e. The van der Waals surface area contributed by atoms with Gasteiger partial charge in [-0.15, -0.1) is 0 Å². The minimum Gasteiger partial charge on any atom is -0.493 e. The zero-order valence-electron chi connectivity index (χ0n) is 17.5. The maximum atomic E-state index is 12.7. The number of hydrogen-bond acceptors (Lipinski definition) is 6. The molecule has 0 unspecified atom stereocenters. The molecule has 0 saturated carbocycles. The molecule has 1 aliphatic heterocycles. The van der Waals surface area contributed by atoms with Crippen molar-refractivity contribution in [1.29, 1.82) is 0 Å². The van der Waals surface area contributed by atoms with E-state index in [1.165, 1.54) is 7.11 Å². The van der Waals surface area contributed by atoms with Gasteiger partial charge < -0.3 is 28.7 Å². The molecule has 8 heteroatoms. The van der Waals surface area contributed by atoms with Crippen molar-refractivity contribution < 1.29 is 28.5 Å². The first-order valence-electron chi connectivity index (χ1n) is 9.23. The number of amides is 2. The first kappa shape index (κ1) is 21.7. The molecular formula is C20H30N2O6. The van der Waals surface area contributed by atoms with E-state index < -0.39 is 5.60 Å². The molecule has 1 fully saturated rings. The van der Waals surface area contributed by atoms with Gasteiger partial charge in [0.2, 0.25) is 11.7 Å². The standard InChI is InChI=1S/C20H30N2O6/c1-20(2,3)28-19(24)22-9-7-21(8-10-22)17(23)13-14-11-15(25-4)18(27-6)16(12-14)26-5/h11-12H,7-10,13H2,1-6H3. The van der Waals surface area contributed by atoms with Crippen molar-refractivity contribution in [3.05, 3.63) is 17.7 Å². The first-order chi connectivity index (χ1) is 13.2. The lowest BCUT2D eigenvalue weighted by Gasteiger charge is -2.35. The molecule has 1 aliphatic rings. The molecule has 0 aliphatic carbocycles. The summed E-state index contributed by atoms with van der Waals surface area (Å²) in [5, 5.41) is 0. The van der Waals surface area contributed by atoms with Gasteiger partial charge in [0.25, 0.3) is 0 Å². The van der Waals surface area contributed by atoms with Crippen LogP contribution in [0.4, 0.5) is 4.79 Å². The van der Waals surface area contributed by atoms with Crippen molar-refractivity contribution in [1.82, 2.24) is 9.80 Å². The number of carbonyl (C=O) groups excluding carboxylic acids is 2. The number of hydrogen-bond donors (Lipinski definition) is 0. The van der Waals surface area contributed by atoms with Gasteiger partial charge in [-0.25, -0.2) is 4.79 Å². The molecule has 156 valence electrons. The predicted molar refractivity (Wildman–Crippen MR) is 104 cm³/mol. The number of nitrogens with zero attached hydrogens (tertiary/aromatic N) is 2. The molecule has 1 aromatic rings. The molecule has 0 atom stereocenters. The van der Waals surface area contributed by atoms with Crippen LogP contribution in [0.25, 0.3) is 0 Å². The maximum absolute atomic E-state index is 12.7. The second-order valence-corrected chi connectivity index (χ2v) is 7.56. The molecule has 8 nitrogen and oxygen atoms in total. The average molecular weight is 394 g/mol. The number of rotatable bonds is 5. The number of ether oxygens (including phenoxy) is 4. The third-order valence-electron chi connectivity index (χ3n) is 4.36. The molecule has 28 heavy (non-hydrogen) atoms. The number of piperazine rings is 1. The Labute approximate surface area is 166 Å². The van der Waals surface area contributed by atoms with Crippen LogP contribution >= 0.6 is 0 Å². The number of carbonyl (C=O) groups is 2. The van der Waals surface area contributed by atoms with E-state index in [1.807, 2.05) is 20.8 Å². The van der Waals surface area contributed by atoms with E-state index in [2.05, 4.69) is 0 Å². The molecule has 1 saturated heterocycles. The van der Waals surface area contributed by atoms with E-state index in [0.29, 0.717) is 43.4 Å². The molecule has 2 rings (SSSR count). The van der Waals surface area contributed by atoms with Gasteiger partial charge in [-0.2, -0.15) is 0 Å². The lowest BCUT2D eigenvalue weighted by Crippen LogP contribution is -2.52. The lowest BCUT2D eigenvalue weighted by molar-refractivity contribution is -0.132. The van der Waals surface area contributed by atoms with Crippen molar-refractivity contribution in [2.75, 3.05) is 47.5 Å². The van der Waals surface area contributed by atoms with Gasteiger partial charge in [0.1, 0.15) is 5.60 Å². The summed E-state index contributed by atoms with van der Waals surface area (Å²) < 4.78 is 21.4. The minimum absolute atomic E-state index is 0.0156. The fourth-order valence-electron chi connectivity index (χ4n) is 2.99. The highest BCUT2D eigenvalue weighted by Gasteiger charge is 2.28. The van der Waals surface area contributed by atoms with E-state index in [1.54, 1.807) is 36.2 Å². The van der Waals surface area contributed by atoms with Crippen LogP contribution in [0.3, 0.4) is 0 Å². The highest BCUT2D eigenvalue weighted by atomic mass is 16.6. The molecule has 1 aromatic carbocycles. The van der Waals surface area contributed by atoms with Gasteiger partial charge in [-0.3, -0.25) is 4.79 Å². The van der Waals surface area contributed by atoms with Gasteiger partial charge in [0, 0.05) is 26.2 Å². The minimum atomic E-state index is -0.531.